The Kier molecular flexibility index (Phi) is 8.81. The molecule has 3 atom stereocenters. The summed E-state index contributed by atoms with van der Waals surface area (Å²) in [7, 11) is 1.63. The van der Waals surface area contributed by atoms with E-state index in [0.29, 0.717) is 34.3 Å². The van der Waals surface area contributed by atoms with Crippen LogP contribution in [0.15, 0.2) is 40.9 Å². The molecule has 0 bridgehead atoms. The molecule has 3 aromatic rings. The van der Waals surface area contributed by atoms with Crippen molar-refractivity contribution in [1.29, 1.82) is 0 Å². The van der Waals surface area contributed by atoms with Gasteiger partial charge in [-0.3, -0.25) is 4.79 Å². The number of carbonyl (C=O) groups excluding carboxylic acids is 3. The first-order valence-electron chi connectivity index (χ1n) is 14.2. The van der Waals surface area contributed by atoms with Crippen LogP contribution in [-0.2, 0) is 0 Å². The second-order valence-corrected chi connectivity index (χ2v) is 11.0. The molecule has 2 aliphatic heterocycles. The van der Waals surface area contributed by atoms with Crippen LogP contribution in [0.1, 0.15) is 35.7 Å². The van der Waals surface area contributed by atoms with Gasteiger partial charge in [-0.1, -0.05) is 18.1 Å². The summed E-state index contributed by atoms with van der Waals surface area (Å²) in [6.07, 6.45) is -0.601. The Labute approximate surface area is 254 Å². The molecule has 0 saturated heterocycles. The molecular formula is C30H36N6O8. The first kappa shape index (κ1) is 30.5. The molecule has 44 heavy (non-hydrogen) atoms. The zero-order chi connectivity index (χ0) is 31.5. The fourth-order valence-corrected chi connectivity index (χ4v) is 5.04. The van der Waals surface area contributed by atoms with Crippen molar-refractivity contribution < 1.29 is 38.2 Å². The van der Waals surface area contributed by atoms with Crippen molar-refractivity contribution in [3.63, 3.8) is 0 Å². The number of likely N-dealkylation sites (N-methyl/N-ethyl adjacent to an activating group) is 1. The molecule has 3 heterocycles. The van der Waals surface area contributed by atoms with Gasteiger partial charge < -0.3 is 49.6 Å². The van der Waals surface area contributed by atoms with Gasteiger partial charge in [-0.15, -0.1) is 0 Å². The maximum absolute atomic E-state index is 13.7. The van der Waals surface area contributed by atoms with E-state index >= 15 is 0 Å². The van der Waals surface area contributed by atoms with Crippen LogP contribution >= 0.6 is 0 Å². The number of aliphatic hydroxyl groups is 1. The molecule has 4 N–H and O–H groups in total. The Balaban J connectivity index is 1.40. The summed E-state index contributed by atoms with van der Waals surface area (Å²) in [5.74, 6) is 1.11. The molecule has 14 nitrogen and oxygen atoms in total. The topological polar surface area (TPSA) is 168 Å². The van der Waals surface area contributed by atoms with E-state index in [1.165, 1.54) is 4.90 Å². The fraction of sp³-hybridized carbons (Fsp3) is 0.400. The van der Waals surface area contributed by atoms with Gasteiger partial charge >= 0.3 is 12.1 Å². The predicted octanol–water partition coefficient (Wildman–Crippen LogP) is 4.05. The molecule has 1 aromatic heterocycles. The van der Waals surface area contributed by atoms with Gasteiger partial charge in [0.25, 0.3) is 5.91 Å². The molecule has 5 rings (SSSR count). The molecule has 2 aromatic carbocycles. The number of hydrogen-bond donors (Lipinski definition) is 4. The van der Waals surface area contributed by atoms with Crippen molar-refractivity contribution in [2.24, 2.45) is 5.92 Å². The highest BCUT2D eigenvalue weighted by Crippen LogP contribution is 2.36. The van der Waals surface area contributed by atoms with Crippen LogP contribution < -0.4 is 30.2 Å². The van der Waals surface area contributed by atoms with Crippen LogP contribution in [-0.4, -0.2) is 83.7 Å². The molecule has 0 unspecified atom stereocenters. The first-order valence-corrected chi connectivity index (χ1v) is 14.2. The molecule has 14 heteroatoms. The number of aromatic nitrogens is 1. The summed E-state index contributed by atoms with van der Waals surface area (Å²) >= 11 is 0. The Hall–Kier alpha value is -4.98. The van der Waals surface area contributed by atoms with Crippen LogP contribution in [0, 0.1) is 19.8 Å². The van der Waals surface area contributed by atoms with E-state index in [1.807, 2.05) is 6.92 Å². The van der Waals surface area contributed by atoms with Gasteiger partial charge in [0, 0.05) is 31.3 Å². The van der Waals surface area contributed by atoms with Crippen molar-refractivity contribution >= 4 is 35.0 Å². The van der Waals surface area contributed by atoms with Crippen molar-refractivity contribution in [2.45, 2.75) is 39.8 Å². The second kappa shape index (κ2) is 12.7. The third-order valence-electron chi connectivity index (χ3n) is 7.64. The number of aryl methyl sites for hydroxylation is 2. The molecular weight excluding hydrogens is 572 g/mol. The number of nitrogens with one attached hydrogen (secondary N) is 3. The monoisotopic (exact) mass is 608 g/mol. The highest BCUT2D eigenvalue weighted by atomic mass is 16.7. The van der Waals surface area contributed by atoms with E-state index in [1.54, 1.807) is 69.1 Å². The van der Waals surface area contributed by atoms with Crippen LogP contribution in [0.5, 0.6) is 17.2 Å². The van der Waals surface area contributed by atoms with Gasteiger partial charge in [0.15, 0.2) is 23.0 Å². The normalized spacial score (nSPS) is 18.0. The van der Waals surface area contributed by atoms with Gasteiger partial charge in [0.05, 0.1) is 30.4 Å². The molecule has 234 valence electrons. The number of nitrogens with zero attached hydrogens (tertiary/aromatic N) is 3. The van der Waals surface area contributed by atoms with Crippen molar-refractivity contribution in [2.75, 3.05) is 49.5 Å². The lowest BCUT2D eigenvalue weighted by molar-refractivity contribution is 0.0373. The molecule has 0 aliphatic carbocycles. The summed E-state index contributed by atoms with van der Waals surface area (Å²) < 4.78 is 22.3. The number of ether oxygens (including phenoxy) is 3. The van der Waals surface area contributed by atoms with Gasteiger partial charge in [-0.25, -0.2) is 9.59 Å². The van der Waals surface area contributed by atoms with Crippen LogP contribution in [0.2, 0.25) is 0 Å². The summed E-state index contributed by atoms with van der Waals surface area (Å²) in [4.78, 5) is 43.0. The fourth-order valence-electron chi connectivity index (χ4n) is 5.04. The zero-order valence-electron chi connectivity index (χ0n) is 25.2. The number of urea groups is 2. The highest BCUT2D eigenvalue weighted by Gasteiger charge is 2.35. The van der Waals surface area contributed by atoms with E-state index in [0.717, 1.165) is 0 Å². The number of carbonyl (C=O) groups is 3. The maximum Gasteiger partial charge on any atom is 0.323 e. The van der Waals surface area contributed by atoms with Gasteiger partial charge in [0.1, 0.15) is 17.5 Å². The first-order chi connectivity index (χ1) is 21.0. The third kappa shape index (κ3) is 6.34. The van der Waals surface area contributed by atoms with Crippen molar-refractivity contribution in [3.05, 3.63) is 53.4 Å². The summed E-state index contributed by atoms with van der Waals surface area (Å²) in [6.45, 7) is 7.37. The van der Waals surface area contributed by atoms with Crippen LogP contribution in [0.4, 0.5) is 26.7 Å². The lowest BCUT2D eigenvalue weighted by Gasteiger charge is -2.38. The minimum absolute atomic E-state index is 0.106. The molecule has 2 aliphatic rings. The predicted molar refractivity (Wildman–Crippen MR) is 160 cm³/mol. The minimum atomic E-state index is -0.601. The van der Waals surface area contributed by atoms with E-state index in [2.05, 4.69) is 21.1 Å². The minimum Gasteiger partial charge on any atom is -0.485 e. The number of benzene rings is 2. The molecule has 0 spiro atoms. The maximum atomic E-state index is 13.7. The molecule has 0 radical (unpaired) electrons. The van der Waals surface area contributed by atoms with E-state index in [9.17, 15) is 19.5 Å². The van der Waals surface area contributed by atoms with Crippen molar-refractivity contribution in [3.8, 4) is 17.2 Å². The number of rotatable bonds is 7. The Morgan fingerprint density at radius 3 is 2.64 bits per heavy atom. The van der Waals surface area contributed by atoms with Gasteiger partial charge in [-0.05, 0) is 45.0 Å². The van der Waals surface area contributed by atoms with Crippen LogP contribution in [0.3, 0.4) is 0 Å². The highest BCUT2D eigenvalue weighted by molar-refractivity contribution is 6.04. The summed E-state index contributed by atoms with van der Waals surface area (Å²) in [5.41, 5.74) is 1.99. The Morgan fingerprint density at radius 2 is 1.91 bits per heavy atom. The number of para-hydroxylation sites is 1. The van der Waals surface area contributed by atoms with Crippen LogP contribution in [0.25, 0.3) is 0 Å². The molecule has 0 saturated carbocycles. The number of anilines is 3. The largest absolute Gasteiger partial charge is 0.485 e. The third-order valence-corrected chi connectivity index (χ3v) is 7.64. The lowest BCUT2D eigenvalue weighted by atomic mass is 9.99. The van der Waals surface area contributed by atoms with E-state index in [4.69, 9.17) is 18.7 Å². The SMILES string of the molecule is Cc1noc(C)c1NC(=O)N(C)C[C@H]1Oc2c(NC(=O)Nc3ccc4c(c3)OCO4)cccc2C(=O)N([C@H](C)CO)C[C@@H]1C. The summed E-state index contributed by atoms with van der Waals surface area (Å²) in [6, 6.07) is 8.44. The molecule has 0 fully saturated rings. The number of fused-ring (bicyclic) bond motifs is 2. The zero-order valence-corrected chi connectivity index (χ0v) is 25.2. The average molecular weight is 609 g/mol. The Morgan fingerprint density at radius 1 is 1.14 bits per heavy atom. The number of aliphatic hydroxyl groups excluding tert-OH is 1. The quantitative estimate of drug-likeness (QED) is 0.309. The Bertz CT molecular complexity index is 1540. The number of hydrogen-bond acceptors (Lipinski definition) is 9. The standard InChI is InChI=1S/C30H36N6O8/c1-16-12-36(17(2)14-37)28(38)21-7-6-8-22(32-29(39)31-20-9-10-23-24(11-20)42-15-41-23)27(21)43-25(16)13-35(5)30(40)33-26-18(3)34-44-19(26)4/h6-11,16-17,25,37H,12-15H2,1-5H3,(H,33,40)(H2,31,32,39)/t16-,17+,25+/m0/s1. The van der Waals surface area contributed by atoms with Crippen molar-refractivity contribution in [1.82, 2.24) is 15.0 Å². The van der Waals surface area contributed by atoms with E-state index < -0.39 is 24.2 Å². The smallest absolute Gasteiger partial charge is 0.323 e. The summed E-state index contributed by atoms with van der Waals surface area (Å²) in [5, 5.41) is 22.2. The van der Waals surface area contributed by atoms with Gasteiger partial charge in [-0.2, -0.15) is 0 Å². The van der Waals surface area contributed by atoms with Gasteiger partial charge in [0.2, 0.25) is 6.79 Å². The average Bonchev–Trinajstić information content (AvgIpc) is 3.60. The molecule has 5 amide bonds. The second-order valence-electron chi connectivity index (χ2n) is 11.0. The van der Waals surface area contributed by atoms with E-state index in [-0.39, 0.29) is 55.3 Å². The number of amides is 5. The lowest BCUT2D eigenvalue weighted by Crippen LogP contribution is -2.50.